The Kier molecular flexibility index (Phi) is 6.31. The average Bonchev–Trinajstić information content (AvgIpc) is 3.69. The molecular weight excluding hydrogens is 498 g/mol. The number of nitrogens with zero attached hydrogens (tertiary/aromatic N) is 1. The van der Waals surface area contributed by atoms with Gasteiger partial charge < -0.3 is 9.64 Å². The SMILES string of the molecule is O=C(NS(=O)(=O)C1CC1)c1cc(C2CC2)c(CN2C=CC(Oc3ccc(F)cc3Cl)=CC2)cc1F. The van der Waals surface area contributed by atoms with E-state index in [-0.39, 0.29) is 16.5 Å². The maximum Gasteiger partial charge on any atom is 0.267 e. The highest BCUT2D eigenvalue weighted by atomic mass is 35.5. The zero-order valence-electron chi connectivity index (χ0n) is 18.6. The number of carbonyl (C=O) groups excluding carboxylic acids is 1. The monoisotopic (exact) mass is 520 g/mol. The van der Waals surface area contributed by atoms with E-state index >= 15 is 0 Å². The van der Waals surface area contributed by atoms with Gasteiger partial charge in [0.25, 0.3) is 5.91 Å². The van der Waals surface area contributed by atoms with Gasteiger partial charge in [0.2, 0.25) is 10.0 Å². The quantitative estimate of drug-likeness (QED) is 0.529. The summed E-state index contributed by atoms with van der Waals surface area (Å²) in [6.07, 6.45) is 8.28. The molecule has 2 aromatic carbocycles. The largest absolute Gasteiger partial charge is 0.456 e. The molecule has 0 unspecified atom stereocenters. The van der Waals surface area contributed by atoms with E-state index in [1.54, 1.807) is 6.08 Å². The van der Waals surface area contributed by atoms with Crippen LogP contribution in [0.25, 0.3) is 0 Å². The van der Waals surface area contributed by atoms with Crippen molar-refractivity contribution in [3.8, 4) is 5.75 Å². The van der Waals surface area contributed by atoms with Gasteiger partial charge in [0.05, 0.1) is 15.8 Å². The summed E-state index contributed by atoms with van der Waals surface area (Å²) in [7, 11) is -3.76. The number of hydrogen-bond acceptors (Lipinski definition) is 5. The fourth-order valence-corrected chi connectivity index (χ4v) is 5.47. The van der Waals surface area contributed by atoms with Gasteiger partial charge in [0, 0.05) is 19.3 Å². The molecule has 0 aromatic heterocycles. The third-order valence-electron chi connectivity index (χ3n) is 6.16. The molecule has 3 aliphatic rings. The van der Waals surface area contributed by atoms with Crippen molar-refractivity contribution in [1.29, 1.82) is 0 Å². The van der Waals surface area contributed by atoms with Crippen LogP contribution in [-0.4, -0.2) is 31.0 Å². The van der Waals surface area contributed by atoms with Gasteiger partial charge in [-0.05, 0) is 85.2 Å². The van der Waals surface area contributed by atoms with E-state index < -0.39 is 32.8 Å². The molecule has 0 atom stereocenters. The number of halogens is 3. The molecule has 184 valence electrons. The second kappa shape index (κ2) is 9.28. The molecule has 1 amide bonds. The van der Waals surface area contributed by atoms with Crippen LogP contribution in [0.15, 0.2) is 54.4 Å². The highest BCUT2D eigenvalue weighted by Crippen LogP contribution is 2.43. The number of sulfonamides is 1. The summed E-state index contributed by atoms with van der Waals surface area (Å²) in [5.74, 6) is -1.01. The van der Waals surface area contributed by atoms with E-state index in [1.807, 2.05) is 21.9 Å². The summed E-state index contributed by atoms with van der Waals surface area (Å²) in [6, 6.07) is 6.72. The van der Waals surface area contributed by atoms with Crippen LogP contribution < -0.4 is 9.46 Å². The standard InChI is InChI=1S/C25H23ClF2N2O4S/c26-22-12-17(27)3-6-24(22)34-18-7-9-30(10-8-18)14-16-11-23(28)21(13-20(16)15-1-2-15)25(31)29-35(32,33)19-4-5-19/h3,6-9,11-13,15,19H,1-2,4-5,10,14H2,(H,29,31). The molecule has 0 bridgehead atoms. The summed E-state index contributed by atoms with van der Waals surface area (Å²) in [6.45, 7) is 0.890. The zero-order valence-corrected chi connectivity index (χ0v) is 20.2. The Hall–Kier alpha value is -2.91. The highest BCUT2D eigenvalue weighted by molar-refractivity contribution is 7.91. The van der Waals surface area contributed by atoms with Gasteiger partial charge >= 0.3 is 0 Å². The van der Waals surface area contributed by atoms with Crippen LogP contribution >= 0.6 is 11.6 Å². The van der Waals surface area contributed by atoms with E-state index in [0.717, 1.165) is 24.0 Å². The summed E-state index contributed by atoms with van der Waals surface area (Å²) < 4.78 is 60.1. The van der Waals surface area contributed by atoms with Gasteiger partial charge in [-0.1, -0.05) is 11.6 Å². The predicted octanol–water partition coefficient (Wildman–Crippen LogP) is 5.01. The Balaban J connectivity index is 1.28. The first-order chi connectivity index (χ1) is 16.7. The fraction of sp³-hybridized carbons (Fsp3) is 0.320. The minimum Gasteiger partial charge on any atom is -0.456 e. The van der Waals surface area contributed by atoms with Crippen molar-refractivity contribution in [1.82, 2.24) is 9.62 Å². The molecule has 0 saturated heterocycles. The zero-order chi connectivity index (χ0) is 24.7. The lowest BCUT2D eigenvalue weighted by Gasteiger charge is -2.24. The van der Waals surface area contributed by atoms with Gasteiger partial charge in [-0.25, -0.2) is 21.9 Å². The molecular formula is C25H23ClF2N2O4S. The van der Waals surface area contributed by atoms with Crippen molar-refractivity contribution in [2.24, 2.45) is 0 Å². The number of hydrogen-bond donors (Lipinski definition) is 1. The van der Waals surface area contributed by atoms with Crippen molar-refractivity contribution in [2.45, 2.75) is 43.4 Å². The summed E-state index contributed by atoms with van der Waals surface area (Å²) >= 11 is 6.02. The van der Waals surface area contributed by atoms with Gasteiger partial charge in [-0.2, -0.15) is 0 Å². The average molecular weight is 521 g/mol. The molecule has 2 saturated carbocycles. The van der Waals surface area contributed by atoms with Gasteiger partial charge in [0.15, 0.2) is 0 Å². The molecule has 1 heterocycles. The minimum absolute atomic E-state index is 0.167. The summed E-state index contributed by atoms with van der Waals surface area (Å²) in [4.78, 5) is 14.5. The maximum atomic E-state index is 14.9. The number of nitrogens with one attached hydrogen (secondary N) is 1. The molecule has 2 aliphatic carbocycles. The van der Waals surface area contributed by atoms with Crippen LogP contribution in [-0.2, 0) is 16.6 Å². The molecule has 2 fully saturated rings. The second-order valence-electron chi connectivity index (χ2n) is 9.01. The van der Waals surface area contributed by atoms with Crippen LogP contribution in [0.5, 0.6) is 5.75 Å². The van der Waals surface area contributed by atoms with Crippen LogP contribution in [0.4, 0.5) is 8.78 Å². The van der Waals surface area contributed by atoms with Crippen LogP contribution in [0.2, 0.25) is 5.02 Å². The lowest BCUT2D eigenvalue weighted by Crippen LogP contribution is -2.34. The third kappa shape index (κ3) is 5.51. The Bertz CT molecular complexity index is 1350. The number of rotatable bonds is 8. The van der Waals surface area contributed by atoms with E-state index in [9.17, 15) is 22.0 Å². The molecule has 5 rings (SSSR count). The molecule has 0 radical (unpaired) electrons. The van der Waals surface area contributed by atoms with E-state index in [4.69, 9.17) is 16.3 Å². The molecule has 1 aliphatic heterocycles. The van der Waals surface area contributed by atoms with E-state index in [1.165, 1.54) is 30.3 Å². The molecule has 0 spiro atoms. The smallest absolute Gasteiger partial charge is 0.267 e. The highest BCUT2D eigenvalue weighted by Gasteiger charge is 2.37. The van der Waals surface area contributed by atoms with Gasteiger partial charge in [-0.15, -0.1) is 0 Å². The number of carbonyl (C=O) groups is 1. The van der Waals surface area contributed by atoms with E-state index in [2.05, 4.69) is 0 Å². The van der Waals surface area contributed by atoms with Crippen LogP contribution in [0, 0.1) is 11.6 Å². The summed E-state index contributed by atoms with van der Waals surface area (Å²) in [5.41, 5.74) is 1.36. The molecule has 35 heavy (non-hydrogen) atoms. The number of amides is 1. The van der Waals surface area contributed by atoms with Crippen LogP contribution in [0.1, 0.15) is 53.1 Å². The lowest BCUT2D eigenvalue weighted by molar-refractivity contribution is 0.0977. The first kappa shape index (κ1) is 23.8. The third-order valence-corrected chi connectivity index (χ3v) is 8.27. The maximum absolute atomic E-state index is 14.9. The molecule has 2 aromatic rings. The number of allylic oxidation sites excluding steroid dienone is 1. The molecule has 6 nitrogen and oxygen atoms in total. The minimum atomic E-state index is -3.76. The van der Waals surface area contributed by atoms with Gasteiger partial charge in [0.1, 0.15) is 23.1 Å². The Morgan fingerprint density at radius 3 is 2.54 bits per heavy atom. The van der Waals surface area contributed by atoms with Crippen molar-refractivity contribution in [2.75, 3.05) is 6.54 Å². The Labute approximate surface area is 207 Å². The Morgan fingerprint density at radius 1 is 1.14 bits per heavy atom. The molecule has 1 N–H and O–H groups in total. The van der Waals surface area contributed by atoms with Crippen molar-refractivity contribution in [3.63, 3.8) is 0 Å². The number of benzene rings is 2. The first-order valence-electron chi connectivity index (χ1n) is 11.3. The second-order valence-corrected chi connectivity index (χ2v) is 11.4. The summed E-state index contributed by atoms with van der Waals surface area (Å²) in [5, 5.41) is -0.399. The topological polar surface area (TPSA) is 75.7 Å². The normalized spacial score (nSPS) is 17.8. The first-order valence-corrected chi connectivity index (χ1v) is 13.3. The molecule has 10 heteroatoms. The van der Waals surface area contributed by atoms with Gasteiger partial charge in [-0.3, -0.25) is 4.79 Å². The fourth-order valence-electron chi connectivity index (χ4n) is 3.97. The van der Waals surface area contributed by atoms with Crippen molar-refractivity contribution >= 4 is 27.5 Å². The Morgan fingerprint density at radius 2 is 1.91 bits per heavy atom. The lowest BCUT2D eigenvalue weighted by atomic mass is 9.98. The van der Waals surface area contributed by atoms with Crippen molar-refractivity contribution < 1.29 is 26.7 Å². The predicted molar refractivity (Wildman–Crippen MR) is 127 cm³/mol. The number of ether oxygens (including phenoxy) is 1. The van der Waals surface area contributed by atoms with Crippen molar-refractivity contribution in [3.05, 3.63) is 87.8 Å². The van der Waals surface area contributed by atoms with E-state index in [0.29, 0.717) is 37.4 Å². The van der Waals surface area contributed by atoms with Crippen LogP contribution in [0.3, 0.4) is 0 Å².